The molecule has 0 saturated carbocycles. The largest absolute Gasteiger partial charge is 2.00 e. The smallest absolute Gasteiger partial charge is 0.102 e. The van der Waals surface area contributed by atoms with Gasteiger partial charge in [0.1, 0.15) is 15.9 Å². The van der Waals surface area contributed by atoms with Crippen LogP contribution in [0.2, 0.25) is 0 Å². The summed E-state index contributed by atoms with van der Waals surface area (Å²) in [4.78, 5) is 0. The fourth-order valence-electron chi connectivity index (χ4n) is 5.82. The van der Waals surface area contributed by atoms with E-state index < -0.39 is 7.92 Å². The van der Waals surface area contributed by atoms with E-state index >= 15 is 0 Å². The molecule has 0 aliphatic rings. The molecule has 5 aromatic carbocycles. The topological polar surface area (TPSA) is 88.7 Å². The average Bonchev–Trinajstić information content (AvgIpc) is 3.03. The van der Waals surface area contributed by atoms with E-state index in [4.69, 9.17) is 5.32 Å². The Morgan fingerprint density at radius 1 is 0.423 bits per heavy atom. The summed E-state index contributed by atoms with van der Waals surface area (Å²) >= 11 is 0. The van der Waals surface area contributed by atoms with E-state index in [2.05, 4.69) is 133 Å². The first-order chi connectivity index (χ1) is 23.2. The van der Waals surface area contributed by atoms with Gasteiger partial charge < -0.3 is 21.0 Å². The molecule has 0 N–H and O–H groups in total. The fourth-order valence-corrected chi connectivity index (χ4v) is 8.39. The first-order valence-corrected chi connectivity index (χ1v) is 19.1. The van der Waals surface area contributed by atoms with Crippen LogP contribution in [-0.4, -0.2) is 0 Å². The van der Waals surface area contributed by atoms with E-state index in [1.54, 1.807) is 0 Å². The first-order valence-electron chi connectivity index (χ1n) is 17.6. The van der Waals surface area contributed by atoms with E-state index in [1.165, 1.54) is 15.9 Å². The standard InChI is InChI=1S/C28H42NO2.C18H15P.O.Re/c1-25(2,3)17-13-19(27(7,8)9)23(30)21(15-17)29-22-16-18(26(4,5)6)14-20(24(22)31)28(10,11)12;1-4-10-16(11-5-1)19(17-12-6-2-7-13-17)18-14-8-3-9-15-18;;/h13-16,30-31H,1-12H3;1-15H;;/q-1;;-2;/p-1. The predicted octanol–water partition coefficient (Wildman–Crippen LogP) is 10.4. The Kier molecular flexibility index (Phi) is 15.1. The Balaban J connectivity index is 0.000000382. The maximum Gasteiger partial charge on any atom is 0.102 e. The van der Waals surface area contributed by atoms with Crippen LogP contribution in [0.4, 0.5) is 11.4 Å². The van der Waals surface area contributed by atoms with Gasteiger partial charge in [0.25, 0.3) is 0 Å². The van der Waals surface area contributed by atoms with Gasteiger partial charge >= 0.3 is 0 Å². The summed E-state index contributed by atoms with van der Waals surface area (Å²) in [6.07, 6.45) is 0. The molecule has 0 aromatic heterocycles. The van der Waals surface area contributed by atoms with E-state index in [0.29, 0.717) is 11.4 Å². The van der Waals surface area contributed by atoms with Crippen LogP contribution in [0.25, 0.3) is 5.32 Å². The fraction of sp³-hybridized carbons (Fsp3) is 0.348. The Morgan fingerprint density at radius 3 is 0.923 bits per heavy atom. The molecule has 0 bridgehead atoms. The van der Waals surface area contributed by atoms with Crippen LogP contribution >= 0.6 is 7.92 Å². The van der Waals surface area contributed by atoms with Crippen LogP contribution in [0, 0.1) is 0 Å². The summed E-state index contributed by atoms with van der Waals surface area (Å²) < 4.78 is 0. The van der Waals surface area contributed by atoms with Crippen molar-refractivity contribution in [2.45, 2.75) is 105 Å². The van der Waals surface area contributed by atoms with Crippen LogP contribution in [0.3, 0.4) is 0 Å². The summed E-state index contributed by atoms with van der Waals surface area (Å²) in [5, 5.41) is 35.8. The van der Waals surface area contributed by atoms with E-state index in [0.717, 1.165) is 22.3 Å². The van der Waals surface area contributed by atoms with Gasteiger partial charge in [0.15, 0.2) is 0 Å². The molecule has 279 valence electrons. The molecule has 0 heterocycles. The second kappa shape index (κ2) is 17.6. The minimum atomic E-state index is -0.877. The summed E-state index contributed by atoms with van der Waals surface area (Å²) in [5.41, 5.74) is 3.35. The summed E-state index contributed by atoms with van der Waals surface area (Å²) in [6, 6.07) is 40.2. The molecule has 0 spiro atoms. The van der Waals surface area contributed by atoms with Crippen LogP contribution in [0.15, 0.2) is 115 Å². The molecule has 0 fully saturated rings. The zero-order valence-corrected chi connectivity index (χ0v) is 36.7. The van der Waals surface area contributed by atoms with E-state index in [1.807, 2.05) is 65.8 Å². The van der Waals surface area contributed by atoms with Crippen molar-refractivity contribution in [1.29, 1.82) is 0 Å². The van der Waals surface area contributed by atoms with Gasteiger partial charge in [-0.3, -0.25) is 0 Å². The number of rotatable bonds is 5. The van der Waals surface area contributed by atoms with Gasteiger partial charge in [-0.2, -0.15) is 0 Å². The van der Waals surface area contributed by atoms with Gasteiger partial charge in [-0.15, -0.1) is 22.9 Å². The zero-order chi connectivity index (χ0) is 37.1. The van der Waals surface area contributed by atoms with Gasteiger partial charge in [-0.25, -0.2) is 0 Å². The Bertz CT molecular complexity index is 1690. The number of benzene rings is 5. The van der Waals surface area contributed by atoms with Gasteiger partial charge in [-0.05, 0) is 69.2 Å². The molecule has 4 nitrogen and oxygen atoms in total. The molecule has 52 heavy (non-hydrogen) atoms. The molecule has 5 aromatic rings. The number of hydrogen-bond donors (Lipinski definition) is 0. The van der Waals surface area contributed by atoms with Crippen LogP contribution < -0.4 is 26.1 Å². The zero-order valence-electron chi connectivity index (χ0n) is 33.0. The molecule has 0 aliphatic heterocycles. The third-order valence-electron chi connectivity index (χ3n) is 8.92. The third kappa shape index (κ3) is 11.3. The Labute approximate surface area is 328 Å². The van der Waals surface area contributed by atoms with Crippen molar-refractivity contribution in [2.24, 2.45) is 0 Å². The minimum absolute atomic E-state index is 0. The quantitative estimate of drug-likeness (QED) is 0.165. The third-order valence-corrected chi connectivity index (χ3v) is 11.6. The molecular weight excluding hydrogens is 832 g/mol. The maximum atomic E-state index is 13.4. The number of nitrogens with zero attached hydrogens (tertiary/aromatic N) is 1. The van der Waals surface area contributed by atoms with Crippen molar-refractivity contribution < 1.29 is 36.1 Å². The van der Waals surface area contributed by atoms with Crippen LogP contribution in [0.5, 0.6) is 11.5 Å². The summed E-state index contributed by atoms with van der Waals surface area (Å²) in [5.74, 6) is -0.197. The summed E-state index contributed by atoms with van der Waals surface area (Å²) in [7, 11) is -0.877. The van der Waals surface area contributed by atoms with Crippen molar-refractivity contribution in [3.05, 3.63) is 143 Å². The van der Waals surface area contributed by atoms with Crippen LogP contribution in [-0.2, 0) is 47.6 Å². The molecule has 6 heteroatoms. The van der Waals surface area contributed by atoms with Gasteiger partial charge in [-0.1, -0.05) is 173 Å². The van der Waals surface area contributed by atoms with Crippen molar-refractivity contribution in [3.8, 4) is 11.5 Å². The summed E-state index contributed by atoms with van der Waals surface area (Å²) in [6.45, 7) is 25.0. The normalized spacial score (nSPS) is 11.9. The van der Waals surface area contributed by atoms with Gasteiger partial charge in [0.05, 0.1) is 7.92 Å². The Morgan fingerprint density at radius 2 is 0.692 bits per heavy atom. The van der Waals surface area contributed by atoms with Crippen molar-refractivity contribution in [3.63, 3.8) is 0 Å². The van der Waals surface area contributed by atoms with Crippen LogP contribution in [0.1, 0.15) is 105 Å². The van der Waals surface area contributed by atoms with Gasteiger partial charge in [0.2, 0.25) is 0 Å². The van der Waals surface area contributed by atoms with Crippen molar-refractivity contribution in [1.82, 2.24) is 0 Å². The maximum absolute atomic E-state index is 13.4. The van der Waals surface area contributed by atoms with E-state index in [9.17, 15) is 10.2 Å². The first kappa shape index (κ1) is 44.7. The average molecular weight is 888 g/mol. The van der Waals surface area contributed by atoms with Gasteiger partial charge in [0, 0.05) is 20.4 Å². The molecular formula is C46H56NO3PRe-4. The molecule has 0 amide bonds. The molecule has 0 atom stereocenters. The van der Waals surface area contributed by atoms with E-state index in [-0.39, 0.29) is 59.1 Å². The van der Waals surface area contributed by atoms with Crippen molar-refractivity contribution in [2.75, 3.05) is 0 Å². The monoisotopic (exact) mass is 888 g/mol. The Hall–Kier alpha value is -3.45. The predicted molar refractivity (Wildman–Crippen MR) is 216 cm³/mol. The minimum Gasteiger partial charge on any atom is -2.00 e. The molecule has 0 saturated heterocycles. The second-order valence-corrected chi connectivity index (χ2v) is 19.8. The molecule has 5 rings (SSSR count). The SMILES string of the molecule is CC(C)(C)c1cc([N-]c2cc(C(C)(C)C)cc(C(C)(C)C)c2[O-])c([O-])c(C(C)(C)C)c1.[O-2].[Re].c1ccc([PH+](c2ccccc2)c2ccccc2)cc1. The molecule has 0 aliphatic carbocycles. The molecule has 0 unspecified atom stereocenters. The second-order valence-electron chi connectivity index (χ2n) is 17.3. The van der Waals surface area contributed by atoms with Crippen molar-refractivity contribution >= 4 is 35.2 Å². The molecule has 1 radical (unpaired) electrons. The number of hydrogen-bond acceptors (Lipinski definition) is 2.